The lowest BCUT2D eigenvalue weighted by molar-refractivity contribution is -0.0845. The number of aliphatic hydroxyl groups excluding tert-OH is 1. The molecule has 1 aliphatic rings. The average Bonchev–Trinajstić information content (AvgIpc) is 3.15. The van der Waals surface area contributed by atoms with Crippen molar-refractivity contribution in [3.8, 4) is 0 Å². The molecule has 2 heterocycles. The van der Waals surface area contributed by atoms with Gasteiger partial charge in [-0.05, 0) is 48.3 Å². The lowest BCUT2D eigenvalue weighted by Crippen LogP contribution is -2.19. The minimum absolute atomic E-state index is 0.316. The summed E-state index contributed by atoms with van der Waals surface area (Å²) in [5.41, 5.74) is 4.87. The highest BCUT2D eigenvalue weighted by Gasteiger charge is 2.11. The number of hydrogen-bond donors (Lipinski definition) is 1. The molecule has 1 unspecified atom stereocenters. The summed E-state index contributed by atoms with van der Waals surface area (Å²) in [6.45, 7) is 1.18. The van der Waals surface area contributed by atoms with Gasteiger partial charge in [0.1, 0.15) is 0 Å². The predicted molar refractivity (Wildman–Crippen MR) is 112 cm³/mol. The second-order valence-corrected chi connectivity index (χ2v) is 6.99. The van der Waals surface area contributed by atoms with E-state index in [4.69, 9.17) is 4.74 Å². The van der Waals surface area contributed by atoms with Crippen LogP contribution in [0.3, 0.4) is 0 Å². The van der Waals surface area contributed by atoms with Crippen LogP contribution in [0.15, 0.2) is 78.7 Å². The monoisotopic (exact) mass is 375 g/mol. The number of rotatable bonds is 7. The minimum atomic E-state index is -0.854. The van der Waals surface area contributed by atoms with E-state index in [1.165, 1.54) is 18.2 Å². The van der Waals surface area contributed by atoms with Crippen LogP contribution in [-0.2, 0) is 17.7 Å². The Hall–Kier alpha value is -2.89. The summed E-state index contributed by atoms with van der Waals surface area (Å²) < 4.78 is 6.69. The largest absolute Gasteiger partial charge is 0.366 e. The average molecular weight is 375 g/mol. The molecule has 0 amide bonds. The Kier molecular flexibility index (Phi) is 5.55. The number of hydrogen-bond acceptors (Lipinski definition) is 4. The zero-order chi connectivity index (χ0) is 19.3. The molecular weight excluding hydrogens is 350 g/mol. The van der Waals surface area contributed by atoms with Gasteiger partial charge in [-0.15, -0.1) is 0 Å². The molecule has 5 nitrogen and oxygen atoms in total. The molecule has 0 spiro atoms. The molecule has 144 valence electrons. The van der Waals surface area contributed by atoms with Gasteiger partial charge in [-0.25, -0.2) is 0 Å². The summed E-state index contributed by atoms with van der Waals surface area (Å²) in [5.74, 6) is 0. The number of fused-ring (bicyclic) bond motifs is 1. The summed E-state index contributed by atoms with van der Waals surface area (Å²) in [5, 5.41) is 15.1. The second-order valence-electron chi connectivity index (χ2n) is 6.99. The second kappa shape index (κ2) is 8.42. The van der Waals surface area contributed by atoms with Crippen molar-refractivity contribution in [2.24, 2.45) is 0 Å². The Morgan fingerprint density at radius 3 is 2.75 bits per heavy atom. The third kappa shape index (κ3) is 4.16. The fourth-order valence-corrected chi connectivity index (χ4v) is 3.46. The van der Waals surface area contributed by atoms with E-state index >= 15 is 0 Å². The molecule has 0 bridgehead atoms. The number of nitrogens with zero attached hydrogens (tertiary/aromatic N) is 3. The van der Waals surface area contributed by atoms with Crippen LogP contribution in [-0.4, -0.2) is 34.8 Å². The van der Waals surface area contributed by atoms with Gasteiger partial charge in [0.05, 0.1) is 18.3 Å². The van der Waals surface area contributed by atoms with Gasteiger partial charge in [0, 0.05) is 30.9 Å². The van der Waals surface area contributed by atoms with Crippen molar-refractivity contribution in [3.63, 3.8) is 0 Å². The Morgan fingerprint density at radius 2 is 2.00 bits per heavy atom. The SMILES string of the molecule is COC(O)Cn1ncc2cc(N3C=CC(CCc4ccccc4)=CC3)ccc21. The van der Waals surface area contributed by atoms with Crippen LogP contribution in [0, 0.1) is 0 Å². The van der Waals surface area contributed by atoms with Crippen molar-refractivity contribution >= 4 is 16.6 Å². The van der Waals surface area contributed by atoms with Crippen molar-refractivity contribution in [1.29, 1.82) is 0 Å². The first kappa shape index (κ1) is 18.5. The molecule has 28 heavy (non-hydrogen) atoms. The Balaban J connectivity index is 1.41. The first-order chi connectivity index (χ1) is 13.7. The normalized spacial score (nSPS) is 15.1. The first-order valence-electron chi connectivity index (χ1n) is 9.57. The van der Waals surface area contributed by atoms with Crippen LogP contribution in [0.5, 0.6) is 0 Å². The molecule has 0 aliphatic carbocycles. The lowest BCUT2D eigenvalue weighted by Gasteiger charge is -2.23. The fourth-order valence-electron chi connectivity index (χ4n) is 3.46. The highest BCUT2D eigenvalue weighted by molar-refractivity contribution is 5.83. The molecule has 0 saturated carbocycles. The maximum Gasteiger partial charge on any atom is 0.173 e. The van der Waals surface area contributed by atoms with Crippen LogP contribution in [0.2, 0.25) is 0 Å². The number of ether oxygens (including phenoxy) is 1. The van der Waals surface area contributed by atoms with Crippen molar-refractivity contribution in [2.45, 2.75) is 25.7 Å². The zero-order valence-electron chi connectivity index (χ0n) is 16.0. The van der Waals surface area contributed by atoms with Crippen molar-refractivity contribution in [3.05, 3.63) is 84.2 Å². The third-order valence-electron chi connectivity index (χ3n) is 5.12. The van der Waals surface area contributed by atoms with Gasteiger partial charge in [0.2, 0.25) is 0 Å². The maximum atomic E-state index is 9.68. The number of aryl methyl sites for hydroxylation is 1. The van der Waals surface area contributed by atoms with E-state index in [1.807, 2.05) is 12.3 Å². The fraction of sp³-hybridized carbons (Fsp3) is 0.261. The van der Waals surface area contributed by atoms with E-state index in [1.54, 1.807) is 4.68 Å². The first-order valence-corrected chi connectivity index (χ1v) is 9.57. The van der Waals surface area contributed by atoms with Crippen molar-refractivity contribution in [1.82, 2.24) is 9.78 Å². The summed E-state index contributed by atoms with van der Waals surface area (Å²) in [7, 11) is 1.48. The van der Waals surface area contributed by atoms with Gasteiger partial charge < -0.3 is 14.7 Å². The molecule has 4 rings (SSSR count). The van der Waals surface area contributed by atoms with E-state index in [2.05, 4.69) is 70.8 Å². The van der Waals surface area contributed by atoms with Crippen molar-refractivity contribution < 1.29 is 9.84 Å². The number of anilines is 1. The summed E-state index contributed by atoms with van der Waals surface area (Å²) >= 11 is 0. The third-order valence-corrected chi connectivity index (χ3v) is 5.12. The number of allylic oxidation sites excluding steroid dienone is 2. The molecule has 0 fully saturated rings. The van der Waals surface area contributed by atoms with E-state index in [9.17, 15) is 5.11 Å². The number of aromatic nitrogens is 2. The maximum absolute atomic E-state index is 9.68. The number of benzene rings is 2. The quantitative estimate of drug-likeness (QED) is 0.637. The van der Waals surface area contributed by atoms with Crippen LogP contribution < -0.4 is 4.90 Å². The van der Waals surface area contributed by atoms with Gasteiger partial charge in [-0.2, -0.15) is 5.10 Å². The summed E-state index contributed by atoms with van der Waals surface area (Å²) in [6, 6.07) is 16.9. The smallest absolute Gasteiger partial charge is 0.173 e. The van der Waals surface area contributed by atoms with E-state index in [-0.39, 0.29) is 0 Å². The Morgan fingerprint density at radius 1 is 1.14 bits per heavy atom. The molecule has 0 radical (unpaired) electrons. The van der Waals surface area contributed by atoms with E-state index < -0.39 is 6.29 Å². The Labute approximate surface area is 165 Å². The van der Waals surface area contributed by atoms with Gasteiger partial charge in [-0.3, -0.25) is 4.68 Å². The molecule has 5 heteroatoms. The summed E-state index contributed by atoms with van der Waals surface area (Å²) in [4.78, 5) is 2.23. The van der Waals surface area contributed by atoms with Crippen LogP contribution in [0.4, 0.5) is 5.69 Å². The Bertz CT molecular complexity index is 992. The number of aliphatic hydroxyl groups is 1. The molecule has 1 aliphatic heterocycles. The molecule has 2 aromatic carbocycles. The molecule has 3 aromatic rings. The molecule has 0 saturated heterocycles. The minimum Gasteiger partial charge on any atom is -0.366 e. The van der Waals surface area contributed by atoms with Gasteiger partial charge in [0.25, 0.3) is 0 Å². The van der Waals surface area contributed by atoms with Crippen LogP contribution in [0.25, 0.3) is 10.9 Å². The van der Waals surface area contributed by atoms with Crippen molar-refractivity contribution in [2.75, 3.05) is 18.6 Å². The highest BCUT2D eigenvalue weighted by atomic mass is 16.6. The lowest BCUT2D eigenvalue weighted by atomic mass is 10.0. The van der Waals surface area contributed by atoms with Crippen LogP contribution >= 0.6 is 0 Å². The molecule has 1 N–H and O–H groups in total. The molecular formula is C23H25N3O2. The zero-order valence-corrected chi connectivity index (χ0v) is 16.0. The van der Waals surface area contributed by atoms with E-state index in [0.29, 0.717) is 6.54 Å². The molecule has 1 atom stereocenters. The topological polar surface area (TPSA) is 50.5 Å². The summed E-state index contributed by atoms with van der Waals surface area (Å²) in [6.07, 6.45) is 9.75. The predicted octanol–water partition coefficient (Wildman–Crippen LogP) is 3.89. The van der Waals surface area contributed by atoms with Crippen LogP contribution in [0.1, 0.15) is 12.0 Å². The highest BCUT2D eigenvalue weighted by Crippen LogP contribution is 2.25. The van der Waals surface area contributed by atoms with Gasteiger partial charge >= 0.3 is 0 Å². The number of methoxy groups -OCH3 is 1. The van der Waals surface area contributed by atoms with E-state index in [0.717, 1.165) is 36.0 Å². The standard InChI is InChI=1S/C23H25N3O2/c1-28-23(27)17-26-22-10-9-21(15-20(22)16-24-26)25-13-11-19(12-14-25)8-7-18-5-3-2-4-6-18/h2-6,9-13,15-16,23,27H,7-8,14,17H2,1H3. The van der Waals surface area contributed by atoms with Gasteiger partial charge in [0.15, 0.2) is 6.29 Å². The van der Waals surface area contributed by atoms with Gasteiger partial charge in [-0.1, -0.05) is 36.4 Å². The molecule has 1 aromatic heterocycles.